The Morgan fingerprint density at radius 3 is 2.53 bits per heavy atom. The number of carbonyl (C=O) groups excluding carboxylic acids is 1. The lowest BCUT2D eigenvalue weighted by atomic mass is 9.86. The maximum absolute atomic E-state index is 12.6. The Morgan fingerprint density at radius 2 is 1.95 bits per heavy atom. The zero-order valence-electron chi connectivity index (χ0n) is 11.9. The zero-order chi connectivity index (χ0) is 13.8. The van der Waals surface area contributed by atoms with Crippen LogP contribution in [-0.4, -0.2) is 61.5 Å². The second kappa shape index (κ2) is 6.68. The highest BCUT2D eigenvalue weighted by Gasteiger charge is 2.38. The third-order valence-electron chi connectivity index (χ3n) is 4.40. The van der Waals surface area contributed by atoms with Gasteiger partial charge in [-0.05, 0) is 32.1 Å². The topological polar surface area (TPSA) is 59.0 Å². The number of amides is 1. The fraction of sp³-hybridized carbons (Fsp3) is 0.929. The summed E-state index contributed by atoms with van der Waals surface area (Å²) >= 11 is 0. The van der Waals surface area contributed by atoms with Gasteiger partial charge in [0.25, 0.3) is 0 Å². The minimum atomic E-state index is -0.218. The third-order valence-corrected chi connectivity index (χ3v) is 4.40. The van der Waals surface area contributed by atoms with Crippen LogP contribution in [0.4, 0.5) is 0 Å². The zero-order valence-corrected chi connectivity index (χ0v) is 11.9. The van der Waals surface area contributed by atoms with Crippen LogP contribution in [0.1, 0.15) is 32.1 Å². The molecule has 0 aromatic heterocycles. The van der Waals surface area contributed by atoms with Gasteiger partial charge in [-0.2, -0.15) is 0 Å². The monoisotopic (exact) mass is 271 g/mol. The van der Waals surface area contributed by atoms with Crippen molar-refractivity contribution >= 4 is 5.91 Å². The summed E-state index contributed by atoms with van der Waals surface area (Å²) in [6, 6.07) is 0.134. The molecule has 1 heterocycles. The highest BCUT2D eigenvalue weighted by Crippen LogP contribution is 2.29. The summed E-state index contributed by atoms with van der Waals surface area (Å²) in [4.78, 5) is 14.5. The van der Waals surface area contributed by atoms with Gasteiger partial charge in [0, 0.05) is 26.7 Å². The molecule has 1 aliphatic heterocycles. The molecule has 2 fully saturated rings. The maximum atomic E-state index is 12.6. The molecule has 0 radical (unpaired) electrons. The van der Waals surface area contributed by atoms with E-state index in [9.17, 15) is 9.90 Å². The number of nitrogens with zero attached hydrogens (tertiary/aromatic N) is 1. The summed E-state index contributed by atoms with van der Waals surface area (Å²) in [5.74, 6) is 0.284. The predicted molar refractivity (Wildman–Crippen MR) is 70.8 cm³/mol. The van der Waals surface area contributed by atoms with Crippen molar-refractivity contribution in [2.75, 3.05) is 27.4 Å². The molecule has 5 heteroatoms. The van der Waals surface area contributed by atoms with Gasteiger partial charge >= 0.3 is 0 Å². The Morgan fingerprint density at radius 1 is 1.26 bits per heavy atom. The Labute approximate surface area is 114 Å². The SMILES string of the molecule is COC[C@@H]1C[C@@H](OC)CN1C(=O)C1CCC(O)CC1. The summed E-state index contributed by atoms with van der Waals surface area (Å²) in [6.07, 6.45) is 3.84. The molecule has 1 saturated heterocycles. The lowest BCUT2D eigenvalue weighted by Gasteiger charge is -2.31. The van der Waals surface area contributed by atoms with Crippen molar-refractivity contribution in [3.05, 3.63) is 0 Å². The largest absolute Gasteiger partial charge is 0.393 e. The first-order valence-electron chi connectivity index (χ1n) is 7.16. The van der Waals surface area contributed by atoms with Gasteiger partial charge in [-0.1, -0.05) is 0 Å². The standard InChI is InChI=1S/C14H25NO4/c1-18-9-11-7-13(19-2)8-15(11)14(17)10-3-5-12(16)6-4-10/h10-13,16H,3-9H2,1-2H3/t10?,11-,12?,13+/m0/s1. The number of hydrogen-bond donors (Lipinski definition) is 1. The molecule has 0 aromatic carbocycles. The molecule has 2 aliphatic rings. The number of aliphatic hydroxyl groups excluding tert-OH is 1. The molecule has 5 nitrogen and oxygen atoms in total. The van der Waals surface area contributed by atoms with E-state index in [0.717, 1.165) is 32.1 Å². The molecule has 19 heavy (non-hydrogen) atoms. The van der Waals surface area contributed by atoms with E-state index in [1.807, 2.05) is 4.90 Å². The Hall–Kier alpha value is -0.650. The van der Waals surface area contributed by atoms with E-state index in [1.165, 1.54) is 0 Å². The Balaban J connectivity index is 1.96. The lowest BCUT2D eigenvalue weighted by Crippen LogP contribution is -2.43. The molecule has 1 aliphatic carbocycles. The first kappa shape index (κ1) is 14.8. The average Bonchev–Trinajstić information content (AvgIpc) is 2.82. The van der Waals surface area contributed by atoms with Crippen LogP contribution in [-0.2, 0) is 14.3 Å². The van der Waals surface area contributed by atoms with E-state index < -0.39 is 0 Å². The number of aliphatic hydroxyl groups is 1. The van der Waals surface area contributed by atoms with E-state index in [0.29, 0.717) is 13.2 Å². The fourth-order valence-corrected chi connectivity index (χ4v) is 3.22. The minimum absolute atomic E-state index is 0.0679. The molecule has 1 N–H and O–H groups in total. The van der Waals surface area contributed by atoms with Crippen LogP contribution in [0.25, 0.3) is 0 Å². The molecule has 2 atom stereocenters. The number of carbonyl (C=O) groups is 1. The summed E-state index contributed by atoms with van der Waals surface area (Å²) in [5.41, 5.74) is 0. The van der Waals surface area contributed by atoms with Crippen LogP contribution >= 0.6 is 0 Å². The molecule has 110 valence electrons. The van der Waals surface area contributed by atoms with Crippen molar-refractivity contribution in [3.8, 4) is 0 Å². The van der Waals surface area contributed by atoms with E-state index in [-0.39, 0.29) is 30.1 Å². The molecule has 1 saturated carbocycles. The van der Waals surface area contributed by atoms with Crippen molar-refractivity contribution in [1.29, 1.82) is 0 Å². The van der Waals surface area contributed by atoms with Crippen molar-refractivity contribution < 1.29 is 19.4 Å². The first-order chi connectivity index (χ1) is 9.15. The van der Waals surface area contributed by atoms with Crippen LogP contribution in [0.2, 0.25) is 0 Å². The highest BCUT2D eigenvalue weighted by molar-refractivity contribution is 5.79. The Bertz CT molecular complexity index is 302. The summed E-state index contributed by atoms with van der Waals surface area (Å²) in [6.45, 7) is 1.24. The Kier molecular flexibility index (Phi) is 5.19. The normalized spacial score (nSPS) is 35.6. The molecular weight excluding hydrogens is 246 g/mol. The van der Waals surface area contributed by atoms with Gasteiger partial charge in [0.1, 0.15) is 0 Å². The number of hydrogen-bond acceptors (Lipinski definition) is 4. The van der Waals surface area contributed by atoms with Gasteiger partial charge in [0.15, 0.2) is 0 Å². The van der Waals surface area contributed by atoms with Crippen LogP contribution in [0.3, 0.4) is 0 Å². The summed E-state index contributed by atoms with van der Waals surface area (Å²) < 4.78 is 10.6. The average molecular weight is 271 g/mol. The highest BCUT2D eigenvalue weighted by atomic mass is 16.5. The van der Waals surface area contributed by atoms with Crippen molar-refractivity contribution in [3.63, 3.8) is 0 Å². The van der Waals surface area contributed by atoms with Gasteiger partial charge in [-0.15, -0.1) is 0 Å². The molecule has 0 spiro atoms. The van der Waals surface area contributed by atoms with Gasteiger partial charge < -0.3 is 19.5 Å². The molecular formula is C14H25NO4. The fourth-order valence-electron chi connectivity index (χ4n) is 3.22. The number of likely N-dealkylation sites (tertiary alicyclic amines) is 1. The van der Waals surface area contributed by atoms with Crippen molar-refractivity contribution in [2.45, 2.75) is 50.4 Å². The second-order valence-corrected chi connectivity index (χ2v) is 5.70. The number of rotatable bonds is 4. The maximum Gasteiger partial charge on any atom is 0.226 e. The van der Waals surface area contributed by atoms with Gasteiger partial charge in [-0.3, -0.25) is 4.79 Å². The van der Waals surface area contributed by atoms with Gasteiger partial charge in [-0.25, -0.2) is 0 Å². The van der Waals surface area contributed by atoms with Crippen LogP contribution in [0, 0.1) is 5.92 Å². The van der Waals surface area contributed by atoms with Gasteiger partial charge in [0.2, 0.25) is 5.91 Å². The summed E-state index contributed by atoms with van der Waals surface area (Å²) in [5, 5.41) is 9.53. The van der Waals surface area contributed by atoms with Crippen LogP contribution < -0.4 is 0 Å². The van der Waals surface area contributed by atoms with E-state index >= 15 is 0 Å². The van der Waals surface area contributed by atoms with Crippen LogP contribution in [0.15, 0.2) is 0 Å². The smallest absolute Gasteiger partial charge is 0.226 e. The molecule has 0 aromatic rings. The summed E-state index contributed by atoms with van der Waals surface area (Å²) in [7, 11) is 3.36. The number of methoxy groups -OCH3 is 2. The minimum Gasteiger partial charge on any atom is -0.393 e. The third kappa shape index (κ3) is 3.46. The van der Waals surface area contributed by atoms with Crippen LogP contribution in [0.5, 0.6) is 0 Å². The molecule has 0 bridgehead atoms. The molecule has 0 unspecified atom stereocenters. The quantitative estimate of drug-likeness (QED) is 0.821. The van der Waals surface area contributed by atoms with Crippen molar-refractivity contribution in [2.24, 2.45) is 5.92 Å². The second-order valence-electron chi connectivity index (χ2n) is 5.70. The lowest BCUT2D eigenvalue weighted by molar-refractivity contribution is -0.139. The number of ether oxygens (including phenoxy) is 2. The van der Waals surface area contributed by atoms with E-state index in [1.54, 1.807) is 14.2 Å². The molecule has 2 rings (SSSR count). The van der Waals surface area contributed by atoms with E-state index in [2.05, 4.69) is 0 Å². The van der Waals surface area contributed by atoms with E-state index in [4.69, 9.17) is 9.47 Å². The predicted octanol–water partition coefficient (Wildman–Crippen LogP) is 0.800. The molecule has 1 amide bonds. The van der Waals surface area contributed by atoms with Crippen molar-refractivity contribution in [1.82, 2.24) is 4.90 Å². The van der Waals surface area contributed by atoms with Gasteiger partial charge in [0.05, 0.1) is 24.9 Å². The first-order valence-corrected chi connectivity index (χ1v) is 7.16.